The Balaban J connectivity index is 1.85. The summed E-state index contributed by atoms with van der Waals surface area (Å²) in [6.07, 6.45) is 4.67. The van der Waals surface area contributed by atoms with E-state index < -0.39 is 0 Å². The predicted octanol–water partition coefficient (Wildman–Crippen LogP) is -0.882. The summed E-state index contributed by atoms with van der Waals surface area (Å²) >= 11 is 0. The van der Waals surface area contributed by atoms with Crippen LogP contribution in [0, 0.1) is 0 Å². The van der Waals surface area contributed by atoms with Crippen LogP contribution >= 0.6 is 0 Å². The van der Waals surface area contributed by atoms with Gasteiger partial charge < -0.3 is 10.3 Å². The van der Waals surface area contributed by atoms with Gasteiger partial charge in [-0.1, -0.05) is 6.07 Å². The molecule has 2 rings (SSSR count). The first-order valence-electron chi connectivity index (χ1n) is 5.73. The molecule has 5 nitrogen and oxygen atoms in total. The van der Waals surface area contributed by atoms with Gasteiger partial charge in [-0.15, -0.1) is 0 Å². The Kier molecular flexibility index (Phi) is 3.72. The predicted molar refractivity (Wildman–Crippen MR) is 64.2 cm³/mol. The molecular weight excluding hydrogens is 216 g/mol. The third-order valence-corrected chi connectivity index (χ3v) is 2.75. The number of pyridine rings is 1. The van der Waals surface area contributed by atoms with Gasteiger partial charge in [-0.05, 0) is 18.2 Å². The number of aromatic nitrogens is 1. The zero-order valence-corrected chi connectivity index (χ0v) is 9.86. The molecule has 1 atom stereocenters. The van der Waals surface area contributed by atoms with Crippen LogP contribution in [0.15, 0.2) is 36.2 Å². The fourth-order valence-corrected chi connectivity index (χ4v) is 1.66. The molecule has 3 N–H and O–H groups in total. The van der Waals surface area contributed by atoms with E-state index in [0.717, 1.165) is 25.2 Å². The summed E-state index contributed by atoms with van der Waals surface area (Å²) in [5.41, 5.74) is 7.09. The van der Waals surface area contributed by atoms with Crippen molar-refractivity contribution in [3.8, 4) is 0 Å². The van der Waals surface area contributed by atoms with Gasteiger partial charge in [0.2, 0.25) is 0 Å². The van der Waals surface area contributed by atoms with Crippen LogP contribution in [0.3, 0.4) is 0 Å². The maximum Gasteiger partial charge on any atom is 0.288 e. The lowest BCUT2D eigenvalue weighted by Crippen LogP contribution is -3.09. The molecule has 1 aromatic heterocycles. The number of carbonyl (C=O) groups is 1. The normalized spacial score (nSPS) is 19.4. The standard InChI is InChI=1S/C12H16N4O/c1-16-8-5-10(6-9-16)14-15-12(17)11-4-2-3-7-13-11/h2-5,7,14H,6,8-9H2,1H3,(H,15,17)/p+1. The van der Waals surface area contributed by atoms with E-state index in [4.69, 9.17) is 0 Å². The van der Waals surface area contributed by atoms with Gasteiger partial charge in [-0.3, -0.25) is 15.2 Å². The second-order valence-corrected chi connectivity index (χ2v) is 4.18. The van der Waals surface area contributed by atoms with Crippen molar-refractivity contribution in [1.29, 1.82) is 0 Å². The van der Waals surface area contributed by atoms with Crippen molar-refractivity contribution < 1.29 is 9.69 Å². The SMILES string of the molecule is C[NH+]1CC=C(NNC(=O)c2ccccn2)CC1. The summed E-state index contributed by atoms with van der Waals surface area (Å²) in [6.45, 7) is 2.07. The molecule has 0 spiro atoms. The Morgan fingerprint density at radius 1 is 1.47 bits per heavy atom. The summed E-state index contributed by atoms with van der Waals surface area (Å²) in [5, 5.41) is 0. The Morgan fingerprint density at radius 2 is 2.35 bits per heavy atom. The van der Waals surface area contributed by atoms with Gasteiger partial charge in [0.15, 0.2) is 0 Å². The zero-order chi connectivity index (χ0) is 12.1. The van der Waals surface area contributed by atoms with Gasteiger partial charge in [0.1, 0.15) is 5.69 Å². The average molecular weight is 233 g/mol. The first-order valence-corrected chi connectivity index (χ1v) is 5.73. The van der Waals surface area contributed by atoms with E-state index in [1.54, 1.807) is 24.4 Å². The van der Waals surface area contributed by atoms with E-state index in [2.05, 4.69) is 29.0 Å². The maximum atomic E-state index is 11.7. The fourth-order valence-electron chi connectivity index (χ4n) is 1.66. The number of nitrogens with zero attached hydrogens (tertiary/aromatic N) is 1. The minimum Gasteiger partial charge on any atom is -0.334 e. The van der Waals surface area contributed by atoms with Crippen LogP contribution < -0.4 is 15.8 Å². The van der Waals surface area contributed by atoms with Crippen molar-refractivity contribution >= 4 is 5.91 Å². The summed E-state index contributed by atoms with van der Waals surface area (Å²) in [6, 6.07) is 5.26. The molecule has 0 fully saturated rings. The molecule has 1 aromatic rings. The molecule has 1 aliphatic heterocycles. The topological polar surface area (TPSA) is 58.5 Å². The second kappa shape index (κ2) is 5.45. The number of likely N-dealkylation sites (N-methyl/N-ethyl adjacent to an activating group) is 1. The molecule has 0 saturated heterocycles. The highest BCUT2D eigenvalue weighted by atomic mass is 16.2. The van der Waals surface area contributed by atoms with Crippen LogP contribution in [0.5, 0.6) is 0 Å². The van der Waals surface area contributed by atoms with Crippen molar-refractivity contribution in [2.45, 2.75) is 6.42 Å². The lowest BCUT2D eigenvalue weighted by Gasteiger charge is -2.20. The molecule has 1 amide bonds. The number of nitrogens with one attached hydrogen (secondary N) is 3. The Bertz CT molecular complexity index is 416. The first-order chi connectivity index (χ1) is 8.25. The number of hydrogen-bond acceptors (Lipinski definition) is 3. The number of carbonyl (C=O) groups excluding carboxylic acids is 1. The second-order valence-electron chi connectivity index (χ2n) is 4.18. The molecule has 0 aromatic carbocycles. The highest BCUT2D eigenvalue weighted by Gasteiger charge is 2.11. The number of rotatable bonds is 3. The highest BCUT2D eigenvalue weighted by Crippen LogP contribution is 1.96. The molecule has 2 heterocycles. The third-order valence-electron chi connectivity index (χ3n) is 2.75. The van der Waals surface area contributed by atoms with Gasteiger partial charge in [-0.2, -0.15) is 0 Å². The highest BCUT2D eigenvalue weighted by molar-refractivity contribution is 5.91. The minimum atomic E-state index is -0.210. The van der Waals surface area contributed by atoms with Crippen molar-refractivity contribution in [3.63, 3.8) is 0 Å². The van der Waals surface area contributed by atoms with Crippen molar-refractivity contribution in [3.05, 3.63) is 41.9 Å². The van der Waals surface area contributed by atoms with E-state index in [-0.39, 0.29) is 5.91 Å². The van der Waals surface area contributed by atoms with Gasteiger partial charge in [-0.25, -0.2) is 0 Å². The van der Waals surface area contributed by atoms with Crippen LogP contribution in [0.25, 0.3) is 0 Å². The monoisotopic (exact) mass is 233 g/mol. The summed E-state index contributed by atoms with van der Waals surface area (Å²) in [5.74, 6) is -0.210. The van der Waals surface area contributed by atoms with E-state index in [0.29, 0.717) is 5.69 Å². The van der Waals surface area contributed by atoms with E-state index in [1.165, 1.54) is 4.90 Å². The zero-order valence-electron chi connectivity index (χ0n) is 9.86. The fraction of sp³-hybridized carbons (Fsp3) is 0.333. The molecule has 1 aliphatic rings. The minimum absolute atomic E-state index is 0.210. The molecule has 0 radical (unpaired) electrons. The number of hydrazine groups is 1. The van der Waals surface area contributed by atoms with Gasteiger partial charge in [0.25, 0.3) is 5.91 Å². The lowest BCUT2D eigenvalue weighted by atomic mass is 10.2. The van der Waals surface area contributed by atoms with Crippen LogP contribution in [0.4, 0.5) is 0 Å². The Morgan fingerprint density at radius 3 is 3.00 bits per heavy atom. The van der Waals surface area contributed by atoms with Gasteiger partial charge in [0.05, 0.1) is 20.1 Å². The number of hydrogen-bond donors (Lipinski definition) is 3. The Labute approximate surface area is 101 Å². The van der Waals surface area contributed by atoms with Crippen LogP contribution in [-0.4, -0.2) is 31.0 Å². The molecule has 0 aliphatic carbocycles. The molecule has 1 unspecified atom stereocenters. The molecular formula is C12H17N4O+. The smallest absolute Gasteiger partial charge is 0.288 e. The van der Waals surface area contributed by atoms with E-state index >= 15 is 0 Å². The lowest BCUT2D eigenvalue weighted by molar-refractivity contribution is -0.875. The largest absolute Gasteiger partial charge is 0.334 e. The van der Waals surface area contributed by atoms with Crippen molar-refractivity contribution in [2.24, 2.45) is 0 Å². The van der Waals surface area contributed by atoms with Crippen molar-refractivity contribution in [1.82, 2.24) is 15.8 Å². The summed E-state index contributed by atoms with van der Waals surface area (Å²) < 4.78 is 0. The van der Waals surface area contributed by atoms with Crippen LogP contribution in [0.2, 0.25) is 0 Å². The maximum absolute atomic E-state index is 11.7. The number of amides is 1. The quantitative estimate of drug-likeness (QED) is 0.594. The van der Waals surface area contributed by atoms with Gasteiger partial charge >= 0.3 is 0 Å². The molecule has 17 heavy (non-hydrogen) atoms. The third kappa shape index (κ3) is 3.29. The Hall–Kier alpha value is -1.88. The van der Waals surface area contributed by atoms with Crippen LogP contribution in [-0.2, 0) is 0 Å². The molecule has 90 valence electrons. The van der Waals surface area contributed by atoms with Gasteiger partial charge in [0, 0.05) is 18.3 Å². The molecule has 0 saturated carbocycles. The first kappa shape index (κ1) is 11.6. The average Bonchev–Trinajstić information content (AvgIpc) is 2.39. The molecule has 5 heteroatoms. The van der Waals surface area contributed by atoms with Crippen molar-refractivity contribution in [2.75, 3.05) is 20.1 Å². The van der Waals surface area contributed by atoms with E-state index in [9.17, 15) is 4.79 Å². The van der Waals surface area contributed by atoms with Crippen LogP contribution in [0.1, 0.15) is 16.9 Å². The number of quaternary nitrogens is 1. The summed E-state index contributed by atoms with van der Waals surface area (Å²) in [7, 11) is 2.15. The molecule has 0 bridgehead atoms. The van der Waals surface area contributed by atoms with E-state index in [1.807, 2.05) is 0 Å². The summed E-state index contributed by atoms with van der Waals surface area (Å²) in [4.78, 5) is 17.1.